The minimum absolute atomic E-state index is 0.0135. The number of carbonyl (C=O) groups is 1. The van der Waals surface area contributed by atoms with Crippen molar-refractivity contribution in [3.05, 3.63) is 33.9 Å². The molecule has 0 atom stereocenters. The highest BCUT2D eigenvalue weighted by atomic mass is 32.2. The molecule has 0 spiro atoms. The molecule has 0 saturated heterocycles. The van der Waals surface area contributed by atoms with Crippen molar-refractivity contribution < 1.29 is 14.8 Å². The van der Waals surface area contributed by atoms with Gasteiger partial charge in [0, 0.05) is 17.7 Å². The fourth-order valence-electron chi connectivity index (χ4n) is 2.82. The molecular weight excluding hydrogens is 340 g/mol. The molecule has 0 aliphatic heterocycles. The molecule has 1 aromatic carbocycles. The number of aliphatic hydroxyl groups is 1. The summed E-state index contributed by atoms with van der Waals surface area (Å²) in [6.45, 7) is 4.24. The standard InChI is InChI=1S/C18H26N2O4S/c1-12(2)9-10-25-17-8-3-13(11-16(17)20(23)24)18(22)19-14-4-6-15(21)7-5-14/h3,8,11-12,14-15,21H,4-7,9-10H2,1-2H3,(H,19,22). The number of aliphatic hydroxyl groups excluding tert-OH is 1. The Morgan fingerprint density at radius 1 is 1.36 bits per heavy atom. The van der Waals surface area contributed by atoms with Gasteiger partial charge in [0.1, 0.15) is 0 Å². The van der Waals surface area contributed by atoms with E-state index in [0.29, 0.717) is 29.2 Å². The normalized spacial score (nSPS) is 20.5. The number of nitro benzene ring substituents is 1. The Hall–Kier alpha value is -1.60. The number of carbonyl (C=O) groups excluding carboxylic acids is 1. The molecule has 1 aliphatic carbocycles. The second-order valence-corrected chi connectivity index (χ2v) is 8.09. The van der Waals surface area contributed by atoms with Crippen molar-refractivity contribution in [1.29, 1.82) is 0 Å². The van der Waals surface area contributed by atoms with Crippen LogP contribution in [0, 0.1) is 16.0 Å². The van der Waals surface area contributed by atoms with Crippen LogP contribution in [-0.4, -0.2) is 33.8 Å². The van der Waals surface area contributed by atoms with E-state index in [2.05, 4.69) is 19.2 Å². The second-order valence-electron chi connectivity index (χ2n) is 6.95. The van der Waals surface area contributed by atoms with Gasteiger partial charge in [-0.1, -0.05) is 13.8 Å². The molecule has 0 unspecified atom stereocenters. The Balaban J connectivity index is 2.04. The van der Waals surface area contributed by atoms with Gasteiger partial charge in [0.15, 0.2) is 0 Å². The molecule has 6 nitrogen and oxygen atoms in total. The first kappa shape index (κ1) is 19.7. The van der Waals surface area contributed by atoms with Crippen LogP contribution in [0.3, 0.4) is 0 Å². The van der Waals surface area contributed by atoms with Crippen LogP contribution < -0.4 is 5.32 Å². The summed E-state index contributed by atoms with van der Waals surface area (Å²) >= 11 is 1.46. The zero-order valence-corrected chi connectivity index (χ0v) is 15.6. The molecule has 0 heterocycles. The van der Waals surface area contributed by atoms with Crippen LogP contribution in [0.2, 0.25) is 0 Å². The molecule has 1 saturated carbocycles. The van der Waals surface area contributed by atoms with E-state index in [1.807, 2.05) is 0 Å². The third-order valence-corrected chi connectivity index (χ3v) is 5.50. The van der Waals surface area contributed by atoms with Crippen LogP contribution in [0.25, 0.3) is 0 Å². The van der Waals surface area contributed by atoms with Crippen molar-refractivity contribution in [2.24, 2.45) is 5.92 Å². The molecule has 2 N–H and O–H groups in total. The fraction of sp³-hybridized carbons (Fsp3) is 0.611. The van der Waals surface area contributed by atoms with Gasteiger partial charge in [-0.15, -0.1) is 11.8 Å². The highest BCUT2D eigenvalue weighted by molar-refractivity contribution is 7.99. The average molecular weight is 366 g/mol. The zero-order valence-electron chi connectivity index (χ0n) is 14.7. The SMILES string of the molecule is CC(C)CCSc1ccc(C(=O)NC2CCC(O)CC2)cc1[N+](=O)[O-]. The van der Waals surface area contributed by atoms with E-state index in [1.54, 1.807) is 12.1 Å². The van der Waals surface area contributed by atoms with Crippen LogP contribution in [0.1, 0.15) is 56.3 Å². The maximum Gasteiger partial charge on any atom is 0.283 e. The van der Waals surface area contributed by atoms with Gasteiger partial charge in [-0.25, -0.2) is 0 Å². The highest BCUT2D eigenvalue weighted by Gasteiger charge is 2.23. The van der Waals surface area contributed by atoms with Crippen LogP contribution in [0.4, 0.5) is 5.69 Å². The molecule has 2 rings (SSSR count). The number of benzene rings is 1. The van der Waals surface area contributed by atoms with Crippen LogP contribution >= 0.6 is 11.8 Å². The molecule has 1 fully saturated rings. The molecule has 138 valence electrons. The summed E-state index contributed by atoms with van der Waals surface area (Å²) in [7, 11) is 0. The molecular formula is C18H26N2O4S. The number of amides is 1. The van der Waals surface area contributed by atoms with Gasteiger partial charge in [-0.3, -0.25) is 14.9 Å². The molecule has 0 aromatic heterocycles. The van der Waals surface area contributed by atoms with Gasteiger partial charge in [0.25, 0.3) is 11.6 Å². The molecule has 1 aliphatic rings. The summed E-state index contributed by atoms with van der Waals surface area (Å²) in [4.78, 5) is 23.9. The second kappa shape index (κ2) is 9.20. The van der Waals surface area contributed by atoms with Gasteiger partial charge in [0.2, 0.25) is 0 Å². The Labute approximate surface area is 152 Å². The summed E-state index contributed by atoms with van der Waals surface area (Å²) in [5.74, 6) is 1.07. The van der Waals surface area contributed by atoms with E-state index in [1.165, 1.54) is 17.8 Å². The van der Waals surface area contributed by atoms with E-state index in [0.717, 1.165) is 25.0 Å². The zero-order chi connectivity index (χ0) is 18.4. The predicted molar refractivity (Wildman–Crippen MR) is 99.0 cm³/mol. The van der Waals surface area contributed by atoms with Gasteiger partial charge < -0.3 is 10.4 Å². The average Bonchev–Trinajstić information content (AvgIpc) is 2.56. The number of nitrogens with zero attached hydrogens (tertiary/aromatic N) is 1. The monoisotopic (exact) mass is 366 g/mol. The summed E-state index contributed by atoms with van der Waals surface area (Å²) in [6.07, 6.45) is 3.53. The molecule has 1 amide bonds. The smallest absolute Gasteiger partial charge is 0.283 e. The maximum atomic E-state index is 12.4. The summed E-state index contributed by atoms with van der Waals surface area (Å²) < 4.78 is 0. The first-order valence-electron chi connectivity index (χ1n) is 8.77. The first-order chi connectivity index (χ1) is 11.9. The van der Waals surface area contributed by atoms with Crippen molar-refractivity contribution in [3.8, 4) is 0 Å². The third kappa shape index (κ3) is 6.01. The number of nitro groups is 1. The number of hydrogen-bond donors (Lipinski definition) is 2. The van der Waals surface area contributed by atoms with Gasteiger partial charge in [0.05, 0.1) is 15.9 Å². The van der Waals surface area contributed by atoms with Crippen LogP contribution in [-0.2, 0) is 0 Å². The van der Waals surface area contributed by atoms with E-state index in [-0.39, 0.29) is 23.7 Å². The quantitative estimate of drug-likeness (QED) is 0.435. The Morgan fingerprint density at radius 3 is 2.64 bits per heavy atom. The summed E-state index contributed by atoms with van der Waals surface area (Å²) in [6, 6.07) is 4.71. The molecule has 7 heteroatoms. The third-order valence-electron chi connectivity index (χ3n) is 4.40. The lowest BCUT2D eigenvalue weighted by Gasteiger charge is -2.26. The molecule has 25 heavy (non-hydrogen) atoms. The highest BCUT2D eigenvalue weighted by Crippen LogP contribution is 2.31. The number of hydrogen-bond acceptors (Lipinski definition) is 5. The van der Waals surface area contributed by atoms with Crippen molar-refractivity contribution in [3.63, 3.8) is 0 Å². The van der Waals surface area contributed by atoms with Crippen molar-refractivity contribution >= 4 is 23.4 Å². The van der Waals surface area contributed by atoms with Gasteiger partial charge >= 0.3 is 0 Å². The minimum Gasteiger partial charge on any atom is -0.393 e. The largest absolute Gasteiger partial charge is 0.393 e. The Bertz CT molecular complexity index is 613. The Kier molecular flexibility index (Phi) is 7.25. The predicted octanol–water partition coefficient (Wildman–Crippen LogP) is 3.77. The number of thioether (sulfide) groups is 1. The van der Waals surface area contributed by atoms with Crippen LogP contribution in [0.15, 0.2) is 23.1 Å². The van der Waals surface area contributed by atoms with Crippen molar-refractivity contribution in [2.75, 3.05) is 5.75 Å². The van der Waals surface area contributed by atoms with E-state index >= 15 is 0 Å². The molecule has 0 radical (unpaired) electrons. The van der Waals surface area contributed by atoms with Gasteiger partial charge in [-0.05, 0) is 55.9 Å². The number of nitrogens with one attached hydrogen (secondary N) is 1. The Morgan fingerprint density at radius 2 is 2.04 bits per heavy atom. The van der Waals surface area contributed by atoms with E-state index < -0.39 is 4.92 Å². The maximum absolute atomic E-state index is 12.4. The lowest BCUT2D eigenvalue weighted by Crippen LogP contribution is -2.38. The van der Waals surface area contributed by atoms with E-state index in [9.17, 15) is 20.0 Å². The lowest BCUT2D eigenvalue weighted by molar-refractivity contribution is -0.387. The van der Waals surface area contributed by atoms with Gasteiger partial charge in [-0.2, -0.15) is 0 Å². The van der Waals surface area contributed by atoms with E-state index in [4.69, 9.17) is 0 Å². The fourth-order valence-corrected chi connectivity index (χ4v) is 4.07. The van der Waals surface area contributed by atoms with Crippen molar-refractivity contribution in [2.45, 2.75) is 63.0 Å². The molecule has 1 aromatic rings. The summed E-state index contributed by atoms with van der Waals surface area (Å²) in [5, 5.41) is 23.8. The van der Waals surface area contributed by atoms with Crippen LogP contribution in [0.5, 0.6) is 0 Å². The topological polar surface area (TPSA) is 92.5 Å². The summed E-state index contributed by atoms with van der Waals surface area (Å²) in [5.41, 5.74) is 0.298. The van der Waals surface area contributed by atoms with Crippen molar-refractivity contribution in [1.82, 2.24) is 5.32 Å². The first-order valence-corrected chi connectivity index (χ1v) is 9.75. The number of rotatable bonds is 7. The lowest BCUT2D eigenvalue weighted by atomic mass is 9.93. The molecule has 0 bridgehead atoms. The minimum atomic E-state index is -0.425.